The fourth-order valence-electron chi connectivity index (χ4n) is 4.46. The van der Waals surface area contributed by atoms with Gasteiger partial charge in [-0.25, -0.2) is 14.4 Å². The Labute approximate surface area is 203 Å². The van der Waals surface area contributed by atoms with E-state index in [4.69, 9.17) is 0 Å². The number of aliphatic hydroxyl groups excluding tert-OH is 2. The minimum atomic E-state index is -4.52. The number of piperidine rings is 1. The van der Waals surface area contributed by atoms with Crippen LogP contribution in [0.25, 0.3) is 10.9 Å². The van der Waals surface area contributed by atoms with E-state index in [1.165, 1.54) is 18.5 Å². The lowest BCUT2D eigenvalue weighted by Gasteiger charge is -2.32. The summed E-state index contributed by atoms with van der Waals surface area (Å²) in [4.78, 5) is 16.3. The number of hydrogen-bond acceptors (Lipinski definition) is 9. The molecule has 10 nitrogen and oxygen atoms in total. The molecule has 0 saturated carbocycles. The molecule has 2 aliphatic heterocycles. The van der Waals surface area contributed by atoms with Gasteiger partial charge in [0.05, 0.1) is 29.7 Å². The van der Waals surface area contributed by atoms with Crippen LogP contribution >= 0.6 is 0 Å². The number of nitrogens with zero attached hydrogens (tertiary/aromatic N) is 7. The summed E-state index contributed by atoms with van der Waals surface area (Å²) in [5, 5.41) is 27.2. The molecule has 2 saturated heterocycles. The summed E-state index contributed by atoms with van der Waals surface area (Å²) in [5.74, 6) is 1.18. The number of hydrogen-bond donors (Lipinski definition) is 3. The first-order chi connectivity index (χ1) is 17.1. The topological polar surface area (TPSA) is 115 Å². The number of aromatic nitrogens is 5. The Hall–Kier alpha value is -3.26. The number of pyridine rings is 1. The molecule has 3 aromatic heterocycles. The number of halogens is 4. The third-order valence-electron chi connectivity index (χ3n) is 6.56. The minimum Gasteiger partial charge on any atom is -0.391 e. The van der Waals surface area contributed by atoms with Crippen LogP contribution in [0.4, 0.5) is 41.0 Å². The fraction of sp³-hybridized carbons (Fsp3) is 0.545. The fourth-order valence-corrected chi connectivity index (χ4v) is 4.46. The Morgan fingerprint density at radius 2 is 1.86 bits per heavy atom. The molecule has 0 unspecified atom stereocenters. The Bertz CT molecular complexity index is 1240. The zero-order valence-electron chi connectivity index (χ0n) is 19.4. The van der Waals surface area contributed by atoms with Crippen LogP contribution in [0.5, 0.6) is 0 Å². The molecular formula is C22H26F4N8O2. The van der Waals surface area contributed by atoms with Gasteiger partial charge in [-0.3, -0.25) is 4.68 Å². The van der Waals surface area contributed by atoms with Gasteiger partial charge in [0, 0.05) is 38.1 Å². The van der Waals surface area contributed by atoms with Crippen LogP contribution in [-0.4, -0.2) is 85.7 Å². The number of anilines is 4. The van der Waals surface area contributed by atoms with Crippen LogP contribution < -0.4 is 15.1 Å². The number of β-amino-alcohol motifs (C(OH)–C–C–N with tert-alkyl or cyclic N) is 1. The molecule has 0 aromatic carbocycles. The predicted molar refractivity (Wildman–Crippen MR) is 124 cm³/mol. The van der Waals surface area contributed by atoms with E-state index in [9.17, 15) is 27.8 Å². The first-order valence-electron chi connectivity index (χ1n) is 11.7. The van der Waals surface area contributed by atoms with E-state index >= 15 is 0 Å². The van der Waals surface area contributed by atoms with Crippen molar-refractivity contribution in [2.75, 3.05) is 41.3 Å². The van der Waals surface area contributed by atoms with Gasteiger partial charge in [-0.2, -0.15) is 23.3 Å². The average molecular weight is 510 g/mol. The van der Waals surface area contributed by atoms with E-state index in [2.05, 4.69) is 25.4 Å². The van der Waals surface area contributed by atoms with Gasteiger partial charge in [0.15, 0.2) is 5.82 Å². The van der Waals surface area contributed by atoms with Crippen molar-refractivity contribution in [1.82, 2.24) is 24.7 Å². The van der Waals surface area contributed by atoms with Crippen molar-refractivity contribution in [1.29, 1.82) is 0 Å². The number of rotatable bonds is 5. The summed E-state index contributed by atoms with van der Waals surface area (Å²) in [6, 6.07) is 1.15. The van der Waals surface area contributed by atoms with E-state index in [1.807, 2.05) is 0 Å². The molecule has 3 aromatic rings. The molecule has 14 heteroatoms. The Morgan fingerprint density at radius 3 is 2.56 bits per heavy atom. The molecule has 0 spiro atoms. The van der Waals surface area contributed by atoms with Gasteiger partial charge in [-0.1, -0.05) is 0 Å². The molecule has 5 rings (SSSR count). The van der Waals surface area contributed by atoms with Crippen molar-refractivity contribution in [2.24, 2.45) is 0 Å². The highest BCUT2D eigenvalue weighted by molar-refractivity contribution is 5.92. The first-order valence-corrected chi connectivity index (χ1v) is 11.7. The van der Waals surface area contributed by atoms with Crippen molar-refractivity contribution in [3.63, 3.8) is 0 Å². The first kappa shape index (κ1) is 24.4. The summed E-state index contributed by atoms with van der Waals surface area (Å²) < 4.78 is 55.7. The van der Waals surface area contributed by atoms with Gasteiger partial charge in [-0.05, 0) is 25.8 Å². The molecule has 0 bridgehead atoms. The molecule has 0 amide bonds. The van der Waals surface area contributed by atoms with Crippen molar-refractivity contribution < 1.29 is 27.8 Å². The zero-order valence-corrected chi connectivity index (χ0v) is 19.4. The van der Waals surface area contributed by atoms with Crippen molar-refractivity contribution in [3.8, 4) is 0 Å². The van der Waals surface area contributed by atoms with Crippen molar-refractivity contribution in [3.05, 3.63) is 24.5 Å². The Kier molecular flexibility index (Phi) is 6.32. The quantitative estimate of drug-likeness (QED) is 0.446. The lowest BCUT2D eigenvalue weighted by atomic mass is 10.1. The Morgan fingerprint density at radius 1 is 1.08 bits per heavy atom. The van der Waals surface area contributed by atoms with E-state index < -0.39 is 30.6 Å². The number of nitrogens with one attached hydrogen (secondary N) is 1. The molecule has 0 radical (unpaired) electrons. The maximum Gasteiger partial charge on any atom is 0.410 e. The van der Waals surface area contributed by atoms with Gasteiger partial charge in [0.2, 0.25) is 5.95 Å². The van der Waals surface area contributed by atoms with Crippen LogP contribution in [0.3, 0.4) is 0 Å². The molecule has 2 aliphatic rings. The second-order valence-corrected chi connectivity index (χ2v) is 9.15. The third kappa shape index (κ3) is 4.74. The lowest BCUT2D eigenvalue weighted by Crippen LogP contribution is -2.45. The van der Waals surface area contributed by atoms with Gasteiger partial charge >= 0.3 is 6.18 Å². The summed E-state index contributed by atoms with van der Waals surface area (Å²) in [5.41, 5.74) is 0.230. The molecule has 4 atom stereocenters. The maximum atomic E-state index is 14.0. The normalized spacial score (nSPS) is 23.9. The van der Waals surface area contributed by atoms with Crippen LogP contribution in [-0.2, 0) is 0 Å². The Balaban J connectivity index is 1.46. The largest absolute Gasteiger partial charge is 0.410 e. The van der Waals surface area contributed by atoms with E-state index in [0.717, 1.165) is 11.6 Å². The van der Waals surface area contributed by atoms with E-state index in [-0.39, 0.29) is 36.8 Å². The summed E-state index contributed by atoms with van der Waals surface area (Å²) in [7, 11) is 0. The van der Waals surface area contributed by atoms with Crippen LogP contribution in [0.1, 0.15) is 25.8 Å². The highest BCUT2D eigenvalue weighted by atomic mass is 19.4. The second kappa shape index (κ2) is 9.32. The average Bonchev–Trinajstić information content (AvgIpc) is 3.43. The third-order valence-corrected chi connectivity index (χ3v) is 6.56. The molecule has 36 heavy (non-hydrogen) atoms. The SMILES string of the molecule is C[C@@H](n1nc(N2CC[C@@H](O)C2)c2cnc(Nc3ccnc(N4CC[C@@H](O)[C@@H](F)C4)n3)cc21)C(F)(F)F. The van der Waals surface area contributed by atoms with Crippen LogP contribution in [0.2, 0.25) is 0 Å². The zero-order chi connectivity index (χ0) is 25.6. The molecule has 2 fully saturated rings. The van der Waals surface area contributed by atoms with E-state index in [0.29, 0.717) is 36.5 Å². The van der Waals surface area contributed by atoms with E-state index in [1.54, 1.807) is 15.9 Å². The molecular weight excluding hydrogens is 484 g/mol. The number of alkyl halides is 4. The van der Waals surface area contributed by atoms with Crippen molar-refractivity contribution >= 4 is 34.3 Å². The van der Waals surface area contributed by atoms with Crippen LogP contribution in [0, 0.1) is 0 Å². The highest BCUT2D eigenvalue weighted by Gasteiger charge is 2.40. The number of aliphatic hydroxyl groups is 2. The predicted octanol–water partition coefficient (Wildman–Crippen LogP) is 2.57. The van der Waals surface area contributed by atoms with Crippen LogP contribution in [0.15, 0.2) is 24.5 Å². The molecule has 5 heterocycles. The van der Waals surface area contributed by atoms with Gasteiger partial charge in [0.25, 0.3) is 0 Å². The summed E-state index contributed by atoms with van der Waals surface area (Å²) in [6.07, 6.45) is -3.83. The molecule has 3 N–H and O–H groups in total. The second-order valence-electron chi connectivity index (χ2n) is 9.15. The highest BCUT2D eigenvalue weighted by Crippen LogP contribution is 2.37. The monoisotopic (exact) mass is 510 g/mol. The number of fused-ring (bicyclic) bond motifs is 1. The molecule has 0 aliphatic carbocycles. The van der Waals surface area contributed by atoms with Gasteiger partial charge in [-0.15, -0.1) is 0 Å². The summed E-state index contributed by atoms with van der Waals surface area (Å²) >= 11 is 0. The standard InChI is InChI=1S/C22H26F4N8O2/c1-12(22(24,25)26)34-16-8-19(28-9-14(16)20(31-34)32-6-3-13(35)10-32)29-18-2-5-27-21(30-18)33-7-4-17(36)15(23)11-33/h2,5,8-9,12-13,15,17,35-36H,3-4,6-7,10-11H2,1H3,(H,27,28,29,30)/t12-,13-,15+,17-/m1/s1. The minimum absolute atomic E-state index is 0.0443. The lowest BCUT2D eigenvalue weighted by molar-refractivity contribution is -0.164. The van der Waals surface area contributed by atoms with Crippen molar-refractivity contribution in [2.45, 2.75) is 50.4 Å². The van der Waals surface area contributed by atoms with Gasteiger partial charge < -0.3 is 25.3 Å². The maximum absolute atomic E-state index is 14.0. The molecule has 194 valence electrons. The van der Waals surface area contributed by atoms with Gasteiger partial charge in [0.1, 0.15) is 23.8 Å². The summed E-state index contributed by atoms with van der Waals surface area (Å²) in [6.45, 7) is 2.14. The smallest absolute Gasteiger partial charge is 0.391 e.